The van der Waals surface area contributed by atoms with Crippen molar-refractivity contribution in [3.05, 3.63) is 35.4 Å². The Morgan fingerprint density at radius 3 is 2.37 bits per heavy atom. The van der Waals surface area contributed by atoms with E-state index in [2.05, 4.69) is 41.8 Å². The van der Waals surface area contributed by atoms with Gasteiger partial charge in [-0.2, -0.15) is 0 Å². The predicted molar refractivity (Wildman–Crippen MR) is 78.1 cm³/mol. The topological polar surface area (TPSA) is 41.1 Å². The van der Waals surface area contributed by atoms with Crippen molar-refractivity contribution in [2.45, 2.75) is 58.2 Å². The summed E-state index contributed by atoms with van der Waals surface area (Å²) in [4.78, 5) is 12.0. The SMILES string of the molecule is CCC(C)NC(=O)C(C)NC1Cc2ccccc2C1. The fraction of sp³-hybridized carbons (Fsp3) is 0.562. The fourth-order valence-electron chi connectivity index (χ4n) is 2.58. The number of benzene rings is 1. The van der Waals surface area contributed by atoms with Crippen molar-refractivity contribution < 1.29 is 4.79 Å². The summed E-state index contributed by atoms with van der Waals surface area (Å²) in [6.07, 6.45) is 3.02. The minimum absolute atomic E-state index is 0.102. The van der Waals surface area contributed by atoms with E-state index in [4.69, 9.17) is 0 Å². The molecule has 19 heavy (non-hydrogen) atoms. The zero-order valence-corrected chi connectivity index (χ0v) is 12.1. The van der Waals surface area contributed by atoms with Gasteiger partial charge in [-0.25, -0.2) is 0 Å². The van der Waals surface area contributed by atoms with E-state index in [-0.39, 0.29) is 18.0 Å². The van der Waals surface area contributed by atoms with Crippen molar-refractivity contribution in [2.75, 3.05) is 0 Å². The third-order valence-corrected chi connectivity index (χ3v) is 3.93. The lowest BCUT2D eigenvalue weighted by atomic mass is 10.1. The summed E-state index contributed by atoms with van der Waals surface area (Å²) in [5.41, 5.74) is 2.82. The molecule has 3 heteroatoms. The summed E-state index contributed by atoms with van der Waals surface area (Å²) in [5.74, 6) is 0.102. The second-order valence-electron chi connectivity index (χ2n) is 5.58. The molecule has 2 unspecified atom stereocenters. The van der Waals surface area contributed by atoms with Crippen molar-refractivity contribution >= 4 is 5.91 Å². The third kappa shape index (κ3) is 3.57. The number of fused-ring (bicyclic) bond motifs is 1. The zero-order chi connectivity index (χ0) is 13.8. The molecule has 2 rings (SSSR count). The van der Waals surface area contributed by atoms with Gasteiger partial charge < -0.3 is 10.6 Å². The molecule has 0 heterocycles. The smallest absolute Gasteiger partial charge is 0.237 e. The maximum absolute atomic E-state index is 12.0. The molecule has 104 valence electrons. The van der Waals surface area contributed by atoms with E-state index in [1.807, 2.05) is 13.8 Å². The van der Waals surface area contributed by atoms with E-state index >= 15 is 0 Å². The number of carbonyl (C=O) groups excluding carboxylic acids is 1. The highest BCUT2D eigenvalue weighted by atomic mass is 16.2. The van der Waals surface area contributed by atoms with Crippen molar-refractivity contribution in [3.8, 4) is 0 Å². The quantitative estimate of drug-likeness (QED) is 0.850. The first kappa shape index (κ1) is 14.1. The lowest BCUT2D eigenvalue weighted by Gasteiger charge is -2.21. The van der Waals surface area contributed by atoms with Crippen LogP contribution in [0.15, 0.2) is 24.3 Å². The Hall–Kier alpha value is -1.35. The monoisotopic (exact) mass is 260 g/mol. The van der Waals surface area contributed by atoms with Crippen LogP contribution in [0.4, 0.5) is 0 Å². The summed E-state index contributed by atoms with van der Waals surface area (Å²) in [6.45, 7) is 6.06. The largest absolute Gasteiger partial charge is 0.352 e. The molecule has 0 saturated carbocycles. The van der Waals surface area contributed by atoms with Crippen molar-refractivity contribution in [3.63, 3.8) is 0 Å². The van der Waals surface area contributed by atoms with Crippen LogP contribution in [0.5, 0.6) is 0 Å². The third-order valence-electron chi connectivity index (χ3n) is 3.93. The molecular weight excluding hydrogens is 236 g/mol. The summed E-state index contributed by atoms with van der Waals surface area (Å²) in [7, 11) is 0. The predicted octanol–water partition coefficient (Wildman–Crippen LogP) is 2.05. The Kier molecular flexibility index (Phi) is 4.59. The molecule has 1 aliphatic rings. The van der Waals surface area contributed by atoms with Gasteiger partial charge in [0.05, 0.1) is 6.04 Å². The molecule has 0 bridgehead atoms. The van der Waals surface area contributed by atoms with Crippen LogP contribution < -0.4 is 10.6 Å². The minimum atomic E-state index is -0.131. The molecule has 0 radical (unpaired) electrons. The molecule has 1 aromatic carbocycles. The average molecular weight is 260 g/mol. The van der Waals surface area contributed by atoms with Crippen molar-refractivity contribution in [2.24, 2.45) is 0 Å². The summed E-state index contributed by atoms with van der Waals surface area (Å²) in [6, 6.07) is 9.03. The molecule has 0 saturated heterocycles. The Bertz CT molecular complexity index is 419. The molecule has 2 atom stereocenters. The van der Waals surface area contributed by atoms with Crippen LogP contribution in [-0.4, -0.2) is 24.0 Å². The molecule has 2 N–H and O–H groups in total. The average Bonchev–Trinajstić information content (AvgIpc) is 2.80. The maximum Gasteiger partial charge on any atom is 0.237 e. The highest BCUT2D eigenvalue weighted by molar-refractivity contribution is 5.81. The van der Waals surface area contributed by atoms with E-state index in [0.29, 0.717) is 6.04 Å². The maximum atomic E-state index is 12.0. The fourth-order valence-corrected chi connectivity index (χ4v) is 2.58. The van der Waals surface area contributed by atoms with Crippen molar-refractivity contribution in [1.29, 1.82) is 0 Å². The van der Waals surface area contributed by atoms with E-state index in [1.54, 1.807) is 0 Å². The van der Waals surface area contributed by atoms with E-state index < -0.39 is 0 Å². The Morgan fingerprint density at radius 1 is 1.26 bits per heavy atom. The van der Waals surface area contributed by atoms with Gasteiger partial charge in [-0.1, -0.05) is 31.2 Å². The van der Waals surface area contributed by atoms with Crippen LogP contribution in [0.25, 0.3) is 0 Å². The lowest BCUT2D eigenvalue weighted by molar-refractivity contribution is -0.123. The van der Waals surface area contributed by atoms with Gasteiger partial charge in [0, 0.05) is 12.1 Å². The number of amides is 1. The van der Waals surface area contributed by atoms with Gasteiger partial charge in [-0.05, 0) is 44.2 Å². The molecule has 3 nitrogen and oxygen atoms in total. The van der Waals surface area contributed by atoms with Crippen LogP contribution in [-0.2, 0) is 17.6 Å². The summed E-state index contributed by atoms with van der Waals surface area (Å²) >= 11 is 0. The van der Waals surface area contributed by atoms with Crippen LogP contribution in [0.1, 0.15) is 38.3 Å². The highest BCUT2D eigenvalue weighted by Gasteiger charge is 2.24. The molecule has 1 amide bonds. The second-order valence-corrected chi connectivity index (χ2v) is 5.58. The van der Waals surface area contributed by atoms with Gasteiger partial charge in [0.25, 0.3) is 0 Å². The second kappa shape index (κ2) is 6.20. The number of rotatable bonds is 5. The first-order chi connectivity index (χ1) is 9.10. The number of carbonyl (C=O) groups is 1. The van der Waals surface area contributed by atoms with E-state index in [9.17, 15) is 4.79 Å². The first-order valence-electron chi connectivity index (χ1n) is 7.23. The molecule has 1 aromatic rings. The summed E-state index contributed by atoms with van der Waals surface area (Å²) < 4.78 is 0. The van der Waals surface area contributed by atoms with Crippen LogP contribution in [0.3, 0.4) is 0 Å². The first-order valence-corrected chi connectivity index (χ1v) is 7.23. The van der Waals surface area contributed by atoms with Crippen LogP contribution >= 0.6 is 0 Å². The highest BCUT2D eigenvalue weighted by Crippen LogP contribution is 2.21. The molecule has 0 aliphatic heterocycles. The molecular formula is C16H24N2O. The van der Waals surface area contributed by atoms with E-state index in [1.165, 1.54) is 11.1 Å². The van der Waals surface area contributed by atoms with Gasteiger partial charge in [-0.15, -0.1) is 0 Å². The molecule has 0 aromatic heterocycles. The number of hydrogen-bond donors (Lipinski definition) is 2. The number of hydrogen-bond acceptors (Lipinski definition) is 2. The Balaban J connectivity index is 1.85. The zero-order valence-electron chi connectivity index (χ0n) is 12.1. The Morgan fingerprint density at radius 2 is 1.84 bits per heavy atom. The van der Waals surface area contributed by atoms with Gasteiger partial charge in [0.1, 0.15) is 0 Å². The number of nitrogens with one attached hydrogen (secondary N) is 2. The van der Waals surface area contributed by atoms with Gasteiger partial charge in [-0.3, -0.25) is 4.79 Å². The van der Waals surface area contributed by atoms with Gasteiger partial charge in [0.2, 0.25) is 5.91 Å². The standard InChI is InChI=1S/C16H24N2O/c1-4-11(2)17-16(19)12(3)18-15-9-13-7-5-6-8-14(13)10-15/h5-8,11-12,15,18H,4,9-10H2,1-3H3,(H,17,19). The van der Waals surface area contributed by atoms with Crippen LogP contribution in [0.2, 0.25) is 0 Å². The van der Waals surface area contributed by atoms with Crippen molar-refractivity contribution in [1.82, 2.24) is 10.6 Å². The Labute approximate surface area is 115 Å². The van der Waals surface area contributed by atoms with Gasteiger partial charge in [0.15, 0.2) is 0 Å². The normalized spacial score (nSPS) is 17.8. The molecule has 0 fully saturated rings. The van der Waals surface area contributed by atoms with E-state index in [0.717, 1.165) is 19.3 Å². The lowest BCUT2D eigenvalue weighted by Crippen LogP contribution is -2.49. The summed E-state index contributed by atoms with van der Waals surface area (Å²) in [5, 5.41) is 6.47. The minimum Gasteiger partial charge on any atom is -0.352 e. The molecule has 1 aliphatic carbocycles. The molecule has 0 spiro atoms. The van der Waals surface area contributed by atoms with Gasteiger partial charge >= 0.3 is 0 Å². The van der Waals surface area contributed by atoms with Crippen LogP contribution in [0, 0.1) is 0 Å².